The van der Waals surface area contributed by atoms with Gasteiger partial charge in [-0.2, -0.15) is 0 Å². The zero-order valence-electron chi connectivity index (χ0n) is 13.4. The molecule has 0 radical (unpaired) electrons. The molecule has 2 aliphatic rings. The van der Waals surface area contributed by atoms with Crippen molar-refractivity contribution < 1.29 is 19.4 Å². The first-order chi connectivity index (χ1) is 9.17. The van der Waals surface area contributed by atoms with Crippen LogP contribution in [0.3, 0.4) is 0 Å². The van der Waals surface area contributed by atoms with Gasteiger partial charge in [0.2, 0.25) is 0 Å². The first-order valence-electron chi connectivity index (χ1n) is 7.75. The van der Waals surface area contributed by atoms with Gasteiger partial charge < -0.3 is 19.4 Å². The highest BCUT2D eigenvalue weighted by molar-refractivity contribution is 6.74. The van der Waals surface area contributed by atoms with Crippen LogP contribution in [-0.2, 0) is 9.16 Å². The molecule has 5 heteroatoms. The molecule has 1 aliphatic carbocycles. The molecule has 0 spiro atoms. The lowest BCUT2D eigenvalue weighted by atomic mass is 9.73. The lowest BCUT2D eigenvalue weighted by Gasteiger charge is -2.46. The Morgan fingerprint density at radius 3 is 2.40 bits per heavy atom. The van der Waals surface area contributed by atoms with Gasteiger partial charge in [-0.25, -0.2) is 0 Å². The van der Waals surface area contributed by atoms with Crippen molar-refractivity contribution in [1.29, 1.82) is 0 Å². The van der Waals surface area contributed by atoms with Crippen LogP contribution in [0.15, 0.2) is 0 Å². The maximum Gasteiger partial charge on any atom is 0.192 e. The molecule has 0 bridgehead atoms. The lowest BCUT2D eigenvalue weighted by molar-refractivity contribution is -0.0901. The van der Waals surface area contributed by atoms with Gasteiger partial charge >= 0.3 is 0 Å². The minimum absolute atomic E-state index is 0.0248. The molecule has 118 valence electrons. The maximum atomic E-state index is 9.93. The van der Waals surface area contributed by atoms with E-state index in [2.05, 4.69) is 33.9 Å². The summed E-state index contributed by atoms with van der Waals surface area (Å²) in [6.07, 6.45) is 1.22. The Kier molecular flexibility index (Phi) is 4.67. The predicted molar refractivity (Wildman–Crippen MR) is 80.8 cm³/mol. The minimum Gasteiger partial charge on any atom is -0.413 e. The summed E-state index contributed by atoms with van der Waals surface area (Å²) in [7, 11) is -1.88. The molecule has 2 fully saturated rings. The third kappa shape index (κ3) is 2.97. The van der Waals surface area contributed by atoms with Gasteiger partial charge in [0.25, 0.3) is 0 Å². The van der Waals surface area contributed by atoms with Gasteiger partial charge in [-0.3, -0.25) is 0 Å². The van der Waals surface area contributed by atoms with Gasteiger partial charge in [0, 0.05) is 24.4 Å². The van der Waals surface area contributed by atoms with Crippen LogP contribution in [0.4, 0.5) is 0 Å². The molecule has 4 nitrogen and oxygen atoms in total. The highest BCUT2D eigenvalue weighted by Crippen LogP contribution is 2.46. The highest BCUT2D eigenvalue weighted by Gasteiger charge is 2.50. The summed E-state index contributed by atoms with van der Waals surface area (Å²) in [5.41, 5.74) is 0. The zero-order chi connectivity index (χ0) is 15.1. The number of hydrogen-bond donors (Lipinski definition) is 2. The van der Waals surface area contributed by atoms with Crippen LogP contribution in [0.1, 0.15) is 33.6 Å². The van der Waals surface area contributed by atoms with Crippen molar-refractivity contribution in [2.24, 2.45) is 17.8 Å². The van der Waals surface area contributed by atoms with E-state index in [9.17, 15) is 10.2 Å². The topological polar surface area (TPSA) is 58.9 Å². The van der Waals surface area contributed by atoms with E-state index in [1.807, 2.05) is 0 Å². The summed E-state index contributed by atoms with van der Waals surface area (Å²) in [5, 5.41) is 19.8. The van der Waals surface area contributed by atoms with E-state index in [-0.39, 0.29) is 35.5 Å². The highest BCUT2D eigenvalue weighted by atomic mass is 28.4. The number of aliphatic hydroxyl groups excluding tert-OH is 2. The molecule has 1 saturated carbocycles. The Bertz CT molecular complexity index is 339. The van der Waals surface area contributed by atoms with E-state index in [1.165, 1.54) is 0 Å². The number of aliphatic hydroxyl groups is 2. The fourth-order valence-electron chi connectivity index (χ4n) is 3.18. The van der Waals surface area contributed by atoms with Gasteiger partial charge in [-0.1, -0.05) is 20.8 Å². The van der Waals surface area contributed by atoms with Crippen molar-refractivity contribution in [2.45, 2.75) is 64.1 Å². The van der Waals surface area contributed by atoms with E-state index >= 15 is 0 Å². The molecular weight excluding hydrogens is 272 g/mol. The first-order valence-corrected chi connectivity index (χ1v) is 10.7. The zero-order valence-corrected chi connectivity index (χ0v) is 14.4. The Balaban J connectivity index is 2.17. The van der Waals surface area contributed by atoms with Crippen LogP contribution in [-0.4, -0.2) is 44.1 Å². The van der Waals surface area contributed by atoms with Crippen LogP contribution in [0.5, 0.6) is 0 Å². The number of hydrogen-bond acceptors (Lipinski definition) is 4. The fraction of sp³-hybridized carbons (Fsp3) is 1.00. The summed E-state index contributed by atoms with van der Waals surface area (Å²) >= 11 is 0. The maximum absolute atomic E-state index is 9.93. The average molecular weight is 302 g/mol. The fourth-order valence-corrected chi connectivity index (χ4v) is 4.58. The normalized spacial score (nSPS) is 38.9. The number of ether oxygens (including phenoxy) is 1. The molecule has 0 aromatic carbocycles. The van der Waals surface area contributed by atoms with Crippen LogP contribution in [0.2, 0.25) is 18.1 Å². The predicted octanol–water partition coefficient (Wildman–Crippen LogP) is 2.36. The Morgan fingerprint density at radius 1 is 1.20 bits per heavy atom. The van der Waals surface area contributed by atoms with Gasteiger partial charge in [0.15, 0.2) is 14.6 Å². The first kappa shape index (κ1) is 16.4. The average Bonchev–Trinajstić information content (AvgIpc) is 2.70. The Morgan fingerprint density at radius 2 is 1.85 bits per heavy atom. The molecule has 1 heterocycles. The number of rotatable bonds is 3. The van der Waals surface area contributed by atoms with E-state index in [0.717, 1.165) is 12.8 Å². The molecule has 5 atom stereocenters. The van der Waals surface area contributed by atoms with E-state index < -0.39 is 14.6 Å². The summed E-state index contributed by atoms with van der Waals surface area (Å²) < 4.78 is 12.0. The standard InChI is InChI=1S/C15H30O4Si/c1-15(2,3)20(4,5)19-13-10(8-16)6-7-11-12(13)9-18-14(11)17/h10-14,16-17H,6-9H2,1-5H3/t10-,11-,12-,13-,14?/m1/s1. The summed E-state index contributed by atoms with van der Waals surface area (Å²) in [5.74, 6) is 0.580. The molecule has 1 unspecified atom stereocenters. The second kappa shape index (κ2) is 5.69. The van der Waals surface area contributed by atoms with Gasteiger partial charge in [-0.15, -0.1) is 0 Å². The van der Waals surface area contributed by atoms with Crippen LogP contribution in [0.25, 0.3) is 0 Å². The molecule has 2 N–H and O–H groups in total. The van der Waals surface area contributed by atoms with Gasteiger partial charge in [0.05, 0.1) is 12.7 Å². The molecule has 0 aromatic heterocycles. The summed E-state index contributed by atoms with van der Waals surface area (Å²) in [6, 6.07) is 0. The molecule has 1 saturated heterocycles. The second-order valence-electron chi connectivity index (χ2n) is 7.91. The van der Waals surface area contributed by atoms with Crippen LogP contribution >= 0.6 is 0 Å². The van der Waals surface area contributed by atoms with Crippen molar-refractivity contribution in [3.05, 3.63) is 0 Å². The van der Waals surface area contributed by atoms with Crippen LogP contribution < -0.4 is 0 Å². The van der Waals surface area contributed by atoms with Crippen molar-refractivity contribution >= 4 is 8.32 Å². The van der Waals surface area contributed by atoms with Crippen LogP contribution in [0, 0.1) is 17.8 Å². The van der Waals surface area contributed by atoms with E-state index in [0.29, 0.717) is 6.61 Å². The van der Waals surface area contributed by atoms with E-state index in [1.54, 1.807) is 0 Å². The van der Waals surface area contributed by atoms with E-state index in [4.69, 9.17) is 9.16 Å². The van der Waals surface area contributed by atoms with Crippen molar-refractivity contribution in [3.8, 4) is 0 Å². The Labute approximate surface area is 123 Å². The molecular formula is C15H30O4Si. The smallest absolute Gasteiger partial charge is 0.192 e. The minimum atomic E-state index is -1.88. The molecule has 20 heavy (non-hydrogen) atoms. The second-order valence-corrected chi connectivity index (χ2v) is 12.7. The Hall–Kier alpha value is 0.0569. The third-order valence-electron chi connectivity index (χ3n) is 5.60. The molecule has 0 aromatic rings. The molecule has 0 amide bonds. The SMILES string of the molecule is CC(C)(C)[Si](C)(C)O[C@@H]1[C@@H](CO)CC[C@H]2C(O)OC[C@@H]12. The quantitative estimate of drug-likeness (QED) is 0.786. The lowest BCUT2D eigenvalue weighted by Crippen LogP contribution is -2.52. The monoisotopic (exact) mass is 302 g/mol. The molecule has 1 aliphatic heterocycles. The summed E-state index contributed by atoms with van der Waals surface area (Å²) in [4.78, 5) is 0. The van der Waals surface area contributed by atoms with Crippen molar-refractivity contribution in [3.63, 3.8) is 0 Å². The largest absolute Gasteiger partial charge is 0.413 e. The molecule has 2 rings (SSSR count). The van der Waals surface area contributed by atoms with Crippen molar-refractivity contribution in [1.82, 2.24) is 0 Å². The summed E-state index contributed by atoms with van der Waals surface area (Å²) in [6.45, 7) is 11.9. The van der Waals surface area contributed by atoms with Gasteiger partial charge in [0.1, 0.15) is 0 Å². The number of fused-ring (bicyclic) bond motifs is 1. The van der Waals surface area contributed by atoms with Crippen molar-refractivity contribution in [2.75, 3.05) is 13.2 Å². The third-order valence-corrected chi connectivity index (χ3v) is 10.1. The van der Waals surface area contributed by atoms with Gasteiger partial charge in [-0.05, 0) is 31.0 Å².